The van der Waals surface area contributed by atoms with Gasteiger partial charge in [-0.3, -0.25) is 4.90 Å². The van der Waals surface area contributed by atoms with Gasteiger partial charge in [-0.15, -0.1) is 0 Å². The highest BCUT2D eigenvalue weighted by Crippen LogP contribution is 2.36. The predicted octanol–water partition coefficient (Wildman–Crippen LogP) is 3.22. The van der Waals surface area contributed by atoms with Crippen LogP contribution in [0.1, 0.15) is 22.7 Å². The Labute approximate surface area is 96.3 Å². The molecule has 1 heteroatoms. The third-order valence-electron chi connectivity index (χ3n) is 3.33. The number of hydrogen-bond donors (Lipinski definition) is 0. The number of nitrogens with zero attached hydrogens (tertiary/aromatic N) is 1. The first kappa shape index (κ1) is 9.61. The van der Waals surface area contributed by atoms with Gasteiger partial charge < -0.3 is 0 Å². The van der Waals surface area contributed by atoms with E-state index in [1.807, 2.05) is 0 Å². The lowest BCUT2D eigenvalue weighted by atomic mass is 9.98. The Morgan fingerprint density at radius 1 is 0.938 bits per heavy atom. The van der Waals surface area contributed by atoms with Gasteiger partial charge in [0.1, 0.15) is 0 Å². The molecule has 1 unspecified atom stereocenters. The molecule has 0 saturated carbocycles. The topological polar surface area (TPSA) is 3.24 Å². The van der Waals surface area contributed by atoms with Gasteiger partial charge in [0.05, 0.1) is 6.04 Å². The van der Waals surface area contributed by atoms with Crippen LogP contribution in [0.15, 0.2) is 54.6 Å². The third kappa shape index (κ3) is 1.44. The maximum Gasteiger partial charge on any atom is 0.0605 e. The monoisotopic (exact) mass is 209 g/mol. The first-order chi connectivity index (χ1) is 7.86. The molecule has 0 aromatic heterocycles. The van der Waals surface area contributed by atoms with Crippen molar-refractivity contribution in [3.05, 3.63) is 71.3 Å². The number of rotatable bonds is 1. The molecule has 2 aromatic carbocycles. The van der Waals surface area contributed by atoms with Crippen molar-refractivity contribution >= 4 is 0 Å². The van der Waals surface area contributed by atoms with Gasteiger partial charge in [-0.25, -0.2) is 0 Å². The van der Waals surface area contributed by atoms with Gasteiger partial charge in [0, 0.05) is 6.54 Å². The molecule has 0 N–H and O–H groups in total. The summed E-state index contributed by atoms with van der Waals surface area (Å²) in [7, 11) is 2.19. The average Bonchev–Trinajstić information content (AvgIpc) is 2.66. The van der Waals surface area contributed by atoms with E-state index in [9.17, 15) is 0 Å². The number of fused-ring (bicyclic) bond motifs is 1. The normalized spacial score (nSPS) is 19.7. The van der Waals surface area contributed by atoms with Crippen molar-refractivity contribution < 1.29 is 0 Å². The molecule has 1 aliphatic heterocycles. The van der Waals surface area contributed by atoms with E-state index in [4.69, 9.17) is 0 Å². The Morgan fingerprint density at radius 3 is 2.44 bits per heavy atom. The van der Waals surface area contributed by atoms with Crippen molar-refractivity contribution in [3.63, 3.8) is 0 Å². The van der Waals surface area contributed by atoms with Gasteiger partial charge in [-0.1, -0.05) is 54.6 Å². The van der Waals surface area contributed by atoms with E-state index in [2.05, 4.69) is 66.5 Å². The van der Waals surface area contributed by atoms with Gasteiger partial charge >= 0.3 is 0 Å². The lowest BCUT2D eigenvalue weighted by Crippen LogP contribution is -2.17. The van der Waals surface area contributed by atoms with Gasteiger partial charge in [0.2, 0.25) is 0 Å². The van der Waals surface area contributed by atoms with Crippen molar-refractivity contribution in [2.24, 2.45) is 0 Å². The van der Waals surface area contributed by atoms with Crippen molar-refractivity contribution in [2.45, 2.75) is 12.6 Å². The maximum absolute atomic E-state index is 2.40. The fourth-order valence-electron chi connectivity index (χ4n) is 2.61. The predicted molar refractivity (Wildman–Crippen MR) is 66.2 cm³/mol. The summed E-state index contributed by atoms with van der Waals surface area (Å²) in [6, 6.07) is 19.9. The first-order valence-electron chi connectivity index (χ1n) is 5.69. The summed E-state index contributed by atoms with van der Waals surface area (Å²) >= 11 is 0. The minimum atomic E-state index is 0.428. The molecule has 1 atom stereocenters. The largest absolute Gasteiger partial charge is 0.291 e. The molecule has 1 aliphatic rings. The summed E-state index contributed by atoms with van der Waals surface area (Å²) in [4.78, 5) is 2.40. The van der Waals surface area contributed by atoms with Crippen molar-refractivity contribution in [1.82, 2.24) is 4.90 Å². The zero-order valence-electron chi connectivity index (χ0n) is 9.43. The molecule has 0 radical (unpaired) electrons. The second kappa shape index (κ2) is 3.76. The molecule has 0 saturated heterocycles. The Balaban J connectivity index is 2.09. The lowest BCUT2D eigenvalue weighted by Gasteiger charge is -2.20. The molecule has 0 fully saturated rings. The highest BCUT2D eigenvalue weighted by molar-refractivity contribution is 5.40. The molecule has 1 nitrogen and oxygen atoms in total. The highest BCUT2D eigenvalue weighted by atomic mass is 15.1. The Bertz CT molecular complexity index is 490. The van der Waals surface area contributed by atoms with Crippen LogP contribution in [-0.2, 0) is 6.54 Å². The standard InChI is InChI=1S/C15H15N/c1-16-11-13-9-5-6-10-14(13)15(16)12-7-3-2-4-8-12/h2-10,15H,11H2,1H3. The van der Waals surface area contributed by atoms with Crippen molar-refractivity contribution in [1.29, 1.82) is 0 Å². The zero-order valence-corrected chi connectivity index (χ0v) is 9.43. The summed E-state index contributed by atoms with van der Waals surface area (Å²) in [5.74, 6) is 0. The van der Waals surface area contributed by atoms with E-state index in [1.54, 1.807) is 0 Å². The summed E-state index contributed by atoms with van der Waals surface area (Å²) in [5.41, 5.74) is 4.30. The molecular formula is C15H15N. The second-order valence-electron chi connectivity index (χ2n) is 4.43. The van der Waals surface area contributed by atoms with Gasteiger partial charge in [0.25, 0.3) is 0 Å². The second-order valence-corrected chi connectivity index (χ2v) is 4.43. The van der Waals surface area contributed by atoms with Crippen LogP contribution in [0.4, 0.5) is 0 Å². The van der Waals surface area contributed by atoms with Crippen LogP contribution in [0.25, 0.3) is 0 Å². The SMILES string of the molecule is CN1Cc2ccccc2C1c1ccccc1. The molecule has 2 aromatic rings. The van der Waals surface area contributed by atoms with Crippen LogP contribution in [0.2, 0.25) is 0 Å². The average molecular weight is 209 g/mol. The minimum Gasteiger partial charge on any atom is -0.291 e. The third-order valence-corrected chi connectivity index (χ3v) is 3.33. The van der Waals surface area contributed by atoms with E-state index in [0.29, 0.717) is 6.04 Å². The molecule has 80 valence electrons. The fourth-order valence-corrected chi connectivity index (χ4v) is 2.61. The molecule has 1 heterocycles. The molecule has 0 aliphatic carbocycles. The van der Waals surface area contributed by atoms with Crippen LogP contribution < -0.4 is 0 Å². The number of hydrogen-bond acceptors (Lipinski definition) is 1. The molecule has 3 rings (SSSR count). The lowest BCUT2D eigenvalue weighted by molar-refractivity contribution is 0.304. The highest BCUT2D eigenvalue weighted by Gasteiger charge is 2.27. The van der Waals surface area contributed by atoms with E-state index in [-0.39, 0.29) is 0 Å². The van der Waals surface area contributed by atoms with Crippen LogP contribution in [0.3, 0.4) is 0 Å². The van der Waals surface area contributed by atoms with Gasteiger partial charge in [-0.2, -0.15) is 0 Å². The Morgan fingerprint density at radius 2 is 1.62 bits per heavy atom. The van der Waals surface area contributed by atoms with E-state index in [1.165, 1.54) is 16.7 Å². The minimum absolute atomic E-state index is 0.428. The molecule has 0 spiro atoms. The summed E-state index contributed by atoms with van der Waals surface area (Å²) < 4.78 is 0. The molecule has 0 bridgehead atoms. The summed E-state index contributed by atoms with van der Waals surface area (Å²) in [6.45, 7) is 1.05. The zero-order chi connectivity index (χ0) is 11.0. The Kier molecular flexibility index (Phi) is 2.26. The molecule has 16 heavy (non-hydrogen) atoms. The smallest absolute Gasteiger partial charge is 0.0605 e. The van der Waals surface area contributed by atoms with E-state index >= 15 is 0 Å². The van der Waals surface area contributed by atoms with Gasteiger partial charge in [0.15, 0.2) is 0 Å². The quantitative estimate of drug-likeness (QED) is 0.697. The Hall–Kier alpha value is -1.60. The maximum atomic E-state index is 2.40. The van der Waals surface area contributed by atoms with Crippen molar-refractivity contribution in [3.8, 4) is 0 Å². The van der Waals surface area contributed by atoms with Crippen molar-refractivity contribution in [2.75, 3.05) is 7.05 Å². The van der Waals surface area contributed by atoms with Crippen LogP contribution in [0.5, 0.6) is 0 Å². The summed E-state index contributed by atoms with van der Waals surface area (Å²) in [5, 5.41) is 0. The van der Waals surface area contributed by atoms with E-state index < -0.39 is 0 Å². The van der Waals surface area contributed by atoms with Gasteiger partial charge in [-0.05, 0) is 23.7 Å². The van der Waals surface area contributed by atoms with Crippen LogP contribution >= 0.6 is 0 Å². The van der Waals surface area contributed by atoms with Crippen LogP contribution in [-0.4, -0.2) is 11.9 Å². The molecule has 0 amide bonds. The first-order valence-corrected chi connectivity index (χ1v) is 5.69. The van der Waals surface area contributed by atoms with Crippen LogP contribution in [0, 0.1) is 0 Å². The summed E-state index contributed by atoms with van der Waals surface area (Å²) in [6.07, 6.45) is 0. The number of benzene rings is 2. The van der Waals surface area contributed by atoms with E-state index in [0.717, 1.165) is 6.54 Å². The molecular weight excluding hydrogens is 194 g/mol. The fraction of sp³-hybridized carbons (Fsp3) is 0.200.